The van der Waals surface area contributed by atoms with Crippen molar-refractivity contribution in [2.24, 2.45) is 0 Å². The van der Waals surface area contributed by atoms with E-state index < -0.39 is 10.8 Å². The summed E-state index contributed by atoms with van der Waals surface area (Å²) in [5, 5.41) is 14.4. The fourth-order valence-corrected chi connectivity index (χ4v) is 2.89. The summed E-state index contributed by atoms with van der Waals surface area (Å²) in [7, 11) is 0. The number of nitrogens with one attached hydrogen (secondary N) is 1. The number of nitrogens with zero attached hydrogens (tertiary/aromatic N) is 1. The molecule has 2 rings (SSSR count). The molecule has 0 heterocycles. The van der Waals surface area contributed by atoms with Crippen LogP contribution in [0.15, 0.2) is 30.3 Å². The van der Waals surface area contributed by atoms with Crippen LogP contribution in [-0.4, -0.2) is 17.4 Å². The maximum absolute atomic E-state index is 12.2. The molecule has 0 bridgehead atoms. The molecule has 2 aromatic rings. The molecule has 0 aliphatic carbocycles. The molecule has 0 aliphatic rings. The van der Waals surface area contributed by atoms with E-state index in [1.165, 1.54) is 30.3 Å². The Hall–Kier alpha value is -2.02. The molecule has 1 amide bonds. The second kappa shape index (κ2) is 8.38. The fourth-order valence-electron chi connectivity index (χ4n) is 2.00. The number of nitro benzene ring substituents is 1. The van der Waals surface area contributed by atoms with Crippen molar-refractivity contribution >= 4 is 46.4 Å². The Labute approximate surface area is 158 Å². The molecular weight excluding hydrogens is 391 g/mol. The van der Waals surface area contributed by atoms with Crippen LogP contribution in [-0.2, 0) is 0 Å². The molecule has 6 nitrogen and oxygen atoms in total. The molecule has 25 heavy (non-hydrogen) atoms. The lowest BCUT2D eigenvalue weighted by Gasteiger charge is -2.11. The average molecular weight is 404 g/mol. The molecule has 0 saturated heterocycles. The van der Waals surface area contributed by atoms with E-state index in [1.54, 1.807) is 0 Å². The third kappa shape index (κ3) is 4.75. The Bertz CT molecular complexity index is 804. The number of ether oxygens (including phenoxy) is 1. The number of hydrogen-bond acceptors (Lipinski definition) is 4. The van der Waals surface area contributed by atoms with Crippen LogP contribution >= 0.6 is 34.8 Å². The normalized spacial score (nSPS) is 10.4. The zero-order chi connectivity index (χ0) is 18.6. The van der Waals surface area contributed by atoms with E-state index in [1.807, 2.05) is 6.92 Å². The van der Waals surface area contributed by atoms with Crippen molar-refractivity contribution in [1.82, 2.24) is 5.32 Å². The lowest BCUT2D eigenvalue weighted by atomic mass is 10.1. The second-order valence-electron chi connectivity index (χ2n) is 4.99. The molecule has 0 atom stereocenters. The summed E-state index contributed by atoms with van der Waals surface area (Å²) in [5.41, 5.74) is -0.439. The quantitative estimate of drug-likeness (QED) is 0.511. The van der Waals surface area contributed by atoms with Gasteiger partial charge in [-0.2, -0.15) is 0 Å². The van der Waals surface area contributed by atoms with Crippen LogP contribution in [0, 0.1) is 10.1 Å². The minimum absolute atomic E-state index is 0.114. The first-order chi connectivity index (χ1) is 11.8. The van der Waals surface area contributed by atoms with E-state index in [9.17, 15) is 14.9 Å². The molecular formula is C16H13Cl3N2O4. The number of carbonyl (C=O) groups excluding carboxylic acids is 1. The van der Waals surface area contributed by atoms with Crippen LogP contribution in [0.3, 0.4) is 0 Å². The third-order valence-electron chi connectivity index (χ3n) is 3.13. The molecule has 0 spiro atoms. The summed E-state index contributed by atoms with van der Waals surface area (Å²) in [6.45, 7) is 2.27. The van der Waals surface area contributed by atoms with Gasteiger partial charge in [0.05, 0.1) is 15.0 Å². The smallest absolute Gasteiger partial charge is 0.282 e. The Morgan fingerprint density at radius 3 is 2.40 bits per heavy atom. The summed E-state index contributed by atoms with van der Waals surface area (Å²) in [6.07, 6.45) is 0.700. The maximum atomic E-state index is 12.2. The summed E-state index contributed by atoms with van der Waals surface area (Å²) in [6, 6.07) is 6.71. The van der Waals surface area contributed by atoms with E-state index in [4.69, 9.17) is 39.5 Å². The summed E-state index contributed by atoms with van der Waals surface area (Å²) in [4.78, 5) is 22.7. The number of halogens is 3. The SMILES string of the molecule is CCCNC(=O)c1cc(Oc2c(Cl)cc(Cl)cc2Cl)ccc1[N+](=O)[O-]. The first-order valence-electron chi connectivity index (χ1n) is 7.22. The van der Waals surface area contributed by atoms with Crippen LogP contribution < -0.4 is 10.1 Å². The van der Waals surface area contributed by atoms with Crippen LogP contribution in [0.4, 0.5) is 5.69 Å². The van der Waals surface area contributed by atoms with Gasteiger partial charge in [0.2, 0.25) is 0 Å². The van der Waals surface area contributed by atoms with E-state index >= 15 is 0 Å². The number of rotatable bonds is 6. The van der Waals surface area contributed by atoms with Gasteiger partial charge in [-0.1, -0.05) is 41.7 Å². The second-order valence-corrected chi connectivity index (χ2v) is 6.24. The predicted octanol–water partition coefficient (Wildman–Crippen LogP) is 5.49. The molecule has 132 valence electrons. The summed E-state index contributed by atoms with van der Waals surface area (Å²) >= 11 is 18.0. The number of nitro groups is 1. The van der Waals surface area contributed by atoms with Crippen molar-refractivity contribution in [3.05, 3.63) is 61.1 Å². The molecule has 9 heteroatoms. The topological polar surface area (TPSA) is 81.5 Å². The van der Waals surface area contributed by atoms with E-state index in [0.29, 0.717) is 18.0 Å². The van der Waals surface area contributed by atoms with Crippen LogP contribution in [0.25, 0.3) is 0 Å². The highest BCUT2D eigenvalue weighted by atomic mass is 35.5. The van der Waals surface area contributed by atoms with Gasteiger partial charge in [-0.3, -0.25) is 14.9 Å². The lowest BCUT2D eigenvalue weighted by molar-refractivity contribution is -0.385. The van der Waals surface area contributed by atoms with E-state index in [0.717, 1.165) is 0 Å². The van der Waals surface area contributed by atoms with E-state index in [-0.39, 0.29) is 32.8 Å². The standard InChI is InChI=1S/C16H13Cl3N2O4/c1-2-5-20-16(22)11-8-10(3-4-14(11)21(23)24)25-15-12(18)6-9(17)7-13(15)19/h3-4,6-8H,2,5H2,1H3,(H,20,22). The fraction of sp³-hybridized carbons (Fsp3) is 0.188. The van der Waals surface area contributed by atoms with E-state index in [2.05, 4.69) is 5.32 Å². The van der Waals surface area contributed by atoms with Crippen molar-refractivity contribution < 1.29 is 14.5 Å². The Kier molecular flexibility index (Phi) is 6.47. The highest BCUT2D eigenvalue weighted by Crippen LogP contribution is 2.39. The first-order valence-corrected chi connectivity index (χ1v) is 8.36. The number of carbonyl (C=O) groups is 1. The minimum atomic E-state index is -0.632. The largest absolute Gasteiger partial charge is 0.454 e. The zero-order valence-corrected chi connectivity index (χ0v) is 15.3. The molecule has 0 aromatic heterocycles. The molecule has 2 aromatic carbocycles. The number of hydrogen-bond donors (Lipinski definition) is 1. The van der Waals surface area contributed by atoms with Crippen molar-refractivity contribution in [2.45, 2.75) is 13.3 Å². The van der Waals surface area contributed by atoms with Crippen LogP contribution in [0.2, 0.25) is 15.1 Å². The van der Waals surface area contributed by atoms with Gasteiger partial charge in [-0.05, 0) is 24.6 Å². The molecule has 0 fully saturated rings. The van der Waals surface area contributed by atoms with Gasteiger partial charge in [0, 0.05) is 23.7 Å². The molecule has 1 N–H and O–H groups in total. The van der Waals surface area contributed by atoms with Gasteiger partial charge >= 0.3 is 0 Å². The molecule has 0 unspecified atom stereocenters. The molecule has 0 saturated carbocycles. The maximum Gasteiger partial charge on any atom is 0.282 e. The Morgan fingerprint density at radius 2 is 1.84 bits per heavy atom. The van der Waals surface area contributed by atoms with Gasteiger partial charge in [-0.25, -0.2) is 0 Å². The monoisotopic (exact) mass is 402 g/mol. The highest BCUT2D eigenvalue weighted by molar-refractivity contribution is 6.40. The van der Waals surface area contributed by atoms with Gasteiger partial charge in [0.15, 0.2) is 5.75 Å². The predicted molar refractivity (Wildman–Crippen MR) is 97.3 cm³/mol. The van der Waals surface area contributed by atoms with Gasteiger partial charge in [0.1, 0.15) is 11.3 Å². The highest BCUT2D eigenvalue weighted by Gasteiger charge is 2.21. The molecule has 0 aliphatic heterocycles. The van der Waals surface area contributed by atoms with Gasteiger partial charge in [-0.15, -0.1) is 0 Å². The number of benzene rings is 2. The number of amides is 1. The van der Waals surface area contributed by atoms with Gasteiger partial charge < -0.3 is 10.1 Å². The third-order valence-corrected chi connectivity index (χ3v) is 3.91. The Balaban J connectivity index is 2.40. The van der Waals surface area contributed by atoms with Crippen molar-refractivity contribution in [2.75, 3.05) is 6.54 Å². The average Bonchev–Trinajstić information content (AvgIpc) is 2.55. The first kappa shape index (κ1) is 19.3. The van der Waals surface area contributed by atoms with Crippen LogP contribution in [0.5, 0.6) is 11.5 Å². The summed E-state index contributed by atoms with van der Waals surface area (Å²) in [5.74, 6) is -0.243. The van der Waals surface area contributed by atoms with Crippen molar-refractivity contribution in [3.63, 3.8) is 0 Å². The van der Waals surface area contributed by atoms with Crippen molar-refractivity contribution in [1.29, 1.82) is 0 Å². The van der Waals surface area contributed by atoms with Crippen molar-refractivity contribution in [3.8, 4) is 11.5 Å². The zero-order valence-electron chi connectivity index (χ0n) is 13.0. The minimum Gasteiger partial charge on any atom is -0.454 e. The Morgan fingerprint density at radius 1 is 1.20 bits per heavy atom. The lowest BCUT2D eigenvalue weighted by Crippen LogP contribution is -2.24. The van der Waals surface area contributed by atoms with Gasteiger partial charge in [0.25, 0.3) is 11.6 Å². The molecule has 0 radical (unpaired) electrons. The van der Waals surface area contributed by atoms with Crippen LogP contribution in [0.1, 0.15) is 23.7 Å². The summed E-state index contributed by atoms with van der Waals surface area (Å²) < 4.78 is 5.60.